The molecule has 0 fully saturated rings. The Bertz CT molecular complexity index is 558. The Morgan fingerprint density at radius 1 is 1.32 bits per heavy atom. The summed E-state index contributed by atoms with van der Waals surface area (Å²) in [6.45, 7) is 6.00. The van der Waals surface area contributed by atoms with E-state index < -0.39 is 0 Å². The van der Waals surface area contributed by atoms with Crippen LogP contribution in [0, 0.1) is 6.92 Å². The summed E-state index contributed by atoms with van der Waals surface area (Å²) >= 11 is 0. The van der Waals surface area contributed by atoms with Crippen molar-refractivity contribution >= 4 is 11.7 Å². The van der Waals surface area contributed by atoms with E-state index in [0.29, 0.717) is 6.42 Å². The van der Waals surface area contributed by atoms with Gasteiger partial charge < -0.3 is 5.32 Å². The van der Waals surface area contributed by atoms with E-state index in [2.05, 4.69) is 10.4 Å². The molecule has 1 N–H and O–H groups in total. The molecule has 1 aromatic carbocycles. The molecule has 0 radical (unpaired) electrons. The van der Waals surface area contributed by atoms with Gasteiger partial charge in [0.2, 0.25) is 5.91 Å². The van der Waals surface area contributed by atoms with Crippen LogP contribution in [0.1, 0.15) is 31.1 Å². The van der Waals surface area contributed by atoms with Gasteiger partial charge in [-0.2, -0.15) is 5.10 Å². The predicted octanol–water partition coefficient (Wildman–Crippen LogP) is 2.95. The predicted molar refractivity (Wildman–Crippen MR) is 76.1 cm³/mol. The highest BCUT2D eigenvalue weighted by atomic mass is 16.1. The molecule has 0 saturated heterocycles. The van der Waals surface area contributed by atoms with Crippen LogP contribution in [-0.2, 0) is 11.2 Å². The standard InChI is InChI=1S/C15H19N3O/c1-11(2)18-14(9-12(3)17-18)16-15(19)10-13-7-5-4-6-8-13/h4-9,11H,10H2,1-3H3,(H,16,19). The van der Waals surface area contributed by atoms with E-state index in [1.54, 1.807) is 0 Å². The molecule has 1 amide bonds. The van der Waals surface area contributed by atoms with Crippen molar-refractivity contribution in [3.05, 3.63) is 47.7 Å². The molecule has 19 heavy (non-hydrogen) atoms. The fourth-order valence-corrected chi connectivity index (χ4v) is 1.97. The average Bonchev–Trinajstić information content (AvgIpc) is 2.71. The molecule has 0 bridgehead atoms. The summed E-state index contributed by atoms with van der Waals surface area (Å²) in [5.74, 6) is 0.737. The van der Waals surface area contributed by atoms with Crippen molar-refractivity contribution in [2.45, 2.75) is 33.2 Å². The Balaban J connectivity index is 2.07. The monoisotopic (exact) mass is 257 g/mol. The van der Waals surface area contributed by atoms with Crippen molar-refractivity contribution in [2.24, 2.45) is 0 Å². The first-order valence-corrected chi connectivity index (χ1v) is 6.46. The van der Waals surface area contributed by atoms with Crippen molar-refractivity contribution in [1.29, 1.82) is 0 Å². The van der Waals surface area contributed by atoms with E-state index in [4.69, 9.17) is 0 Å². The first kappa shape index (κ1) is 13.3. The van der Waals surface area contributed by atoms with Crippen LogP contribution >= 0.6 is 0 Å². The number of benzene rings is 1. The van der Waals surface area contributed by atoms with Gasteiger partial charge in [0.15, 0.2) is 0 Å². The zero-order valence-corrected chi connectivity index (χ0v) is 11.6. The summed E-state index contributed by atoms with van der Waals surface area (Å²) in [7, 11) is 0. The lowest BCUT2D eigenvalue weighted by molar-refractivity contribution is -0.115. The minimum absolute atomic E-state index is 0.0204. The van der Waals surface area contributed by atoms with E-state index in [1.807, 2.05) is 61.9 Å². The van der Waals surface area contributed by atoms with Gasteiger partial charge in [-0.1, -0.05) is 30.3 Å². The number of hydrogen-bond acceptors (Lipinski definition) is 2. The maximum Gasteiger partial charge on any atom is 0.229 e. The van der Waals surface area contributed by atoms with Gasteiger partial charge in [-0.15, -0.1) is 0 Å². The molecule has 0 saturated carbocycles. The minimum atomic E-state index is -0.0204. The van der Waals surface area contributed by atoms with E-state index in [1.165, 1.54) is 0 Å². The van der Waals surface area contributed by atoms with Gasteiger partial charge in [0.1, 0.15) is 5.82 Å². The second kappa shape index (κ2) is 5.69. The molecular weight excluding hydrogens is 238 g/mol. The SMILES string of the molecule is Cc1cc(NC(=O)Cc2ccccc2)n(C(C)C)n1. The van der Waals surface area contributed by atoms with Crippen LogP contribution < -0.4 is 5.32 Å². The third-order valence-electron chi connectivity index (χ3n) is 2.82. The molecular formula is C15H19N3O. The quantitative estimate of drug-likeness (QED) is 0.915. The minimum Gasteiger partial charge on any atom is -0.311 e. The van der Waals surface area contributed by atoms with E-state index in [9.17, 15) is 4.79 Å². The normalized spacial score (nSPS) is 10.7. The van der Waals surface area contributed by atoms with Gasteiger partial charge >= 0.3 is 0 Å². The molecule has 2 aromatic rings. The summed E-state index contributed by atoms with van der Waals surface area (Å²) in [5, 5.41) is 7.29. The highest BCUT2D eigenvalue weighted by Gasteiger charge is 2.11. The molecule has 100 valence electrons. The molecule has 4 nitrogen and oxygen atoms in total. The first-order chi connectivity index (χ1) is 9.06. The second-order valence-corrected chi connectivity index (χ2v) is 4.92. The van der Waals surface area contributed by atoms with Gasteiger partial charge in [0.25, 0.3) is 0 Å². The number of nitrogens with one attached hydrogen (secondary N) is 1. The number of carbonyl (C=O) groups excluding carboxylic acids is 1. The van der Waals surface area contributed by atoms with Crippen LogP contribution in [0.4, 0.5) is 5.82 Å². The number of carbonyl (C=O) groups is 1. The molecule has 2 rings (SSSR count). The maximum absolute atomic E-state index is 12.0. The molecule has 0 spiro atoms. The van der Waals surface area contributed by atoms with Crippen LogP contribution in [0.25, 0.3) is 0 Å². The molecule has 0 aliphatic rings. The van der Waals surface area contributed by atoms with Crippen molar-refractivity contribution < 1.29 is 4.79 Å². The van der Waals surface area contributed by atoms with Gasteiger partial charge in [0, 0.05) is 12.1 Å². The molecule has 0 aliphatic carbocycles. The number of anilines is 1. The average molecular weight is 257 g/mol. The zero-order chi connectivity index (χ0) is 13.8. The van der Waals surface area contributed by atoms with E-state index >= 15 is 0 Å². The topological polar surface area (TPSA) is 46.9 Å². The number of aromatic nitrogens is 2. The Hall–Kier alpha value is -2.10. The second-order valence-electron chi connectivity index (χ2n) is 4.92. The molecule has 1 heterocycles. The Morgan fingerprint density at radius 2 is 2.00 bits per heavy atom. The maximum atomic E-state index is 12.0. The van der Waals surface area contributed by atoms with Crippen molar-refractivity contribution in [3.63, 3.8) is 0 Å². The van der Waals surface area contributed by atoms with Gasteiger partial charge in [-0.3, -0.25) is 4.79 Å². The van der Waals surface area contributed by atoms with Crippen molar-refractivity contribution in [3.8, 4) is 0 Å². The van der Waals surface area contributed by atoms with Crippen molar-refractivity contribution in [1.82, 2.24) is 9.78 Å². The molecule has 4 heteroatoms. The summed E-state index contributed by atoms with van der Waals surface area (Å²) < 4.78 is 1.83. The van der Waals surface area contributed by atoms with Crippen LogP contribution in [-0.4, -0.2) is 15.7 Å². The third kappa shape index (κ3) is 3.44. The Morgan fingerprint density at radius 3 is 2.63 bits per heavy atom. The summed E-state index contributed by atoms with van der Waals surface area (Å²) in [4.78, 5) is 12.0. The zero-order valence-electron chi connectivity index (χ0n) is 11.6. The lowest BCUT2D eigenvalue weighted by atomic mass is 10.1. The third-order valence-corrected chi connectivity index (χ3v) is 2.82. The van der Waals surface area contributed by atoms with Gasteiger partial charge in [0.05, 0.1) is 12.1 Å². The summed E-state index contributed by atoms with van der Waals surface area (Å²) in [6, 6.07) is 11.8. The molecule has 0 atom stereocenters. The summed E-state index contributed by atoms with van der Waals surface area (Å²) in [5.41, 5.74) is 1.91. The Kier molecular flexibility index (Phi) is 4.00. The van der Waals surface area contributed by atoms with Crippen LogP contribution in [0.2, 0.25) is 0 Å². The van der Waals surface area contributed by atoms with Crippen LogP contribution in [0.15, 0.2) is 36.4 Å². The number of rotatable bonds is 4. The highest BCUT2D eigenvalue weighted by Crippen LogP contribution is 2.16. The number of aryl methyl sites for hydroxylation is 1. The smallest absolute Gasteiger partial charge is 0.229 e. The van der Waals surface area contributed by atoms with Crippen molar-refractivity contribution in [2.75, 3.05) is 5.32 Å². The first-order valence-electron chi connectivity index (χ1n) is 6.46. The van der Waals surface area contributed by atoms with Crippen LogP contribution in [0.3, 0.4) is 0 Å². The van der Waals surface area contributed by atoms with E-state index in [-0.39, 0.29) is 11.9 Å². The number of amides is 1. The lowest BCUT2D eigenvalue weighted by Crippen LogP contribution is -2.18. The highest BCUT2D eigenvalue weighted by molar-refractivity contribution is 5.91. The number of nitrogens with zero attached hydrogens (tertiary/aromatic N) is 2. The molecule has 1 aromatic heterocycles. The Labute approximate surface area is 113 Å². The molecule has 0 unspecified atom stereocenters. The number of hydrogen-bond donors (Lipinski definition) is 1. The lowest BCUT2D eigenvalue weighted by Gasteiger charge is -2.11. The van der Waals surface area contributed by atoms with Gasteiger partial charge in [-0.25, -0.2) is 4.68 Å². The van der Waals surface area contributed by atoms with Crippen LogP contribution in [0.5, 0.6) is 0 Å². The summed E-state index contributed by atoms with van der Waals surface area (Å²) in [6.07, 6.45) is 0.378. The van der Waals surface area contributed by atoms with Gasteiger partial charge in [-0.05, 0) is 26.3 Å². The van der Waals surface area contributed by atoms with E-state index in [0.717, 1.165) is 17.1 Å². The fourth-order valence-electron chi connectivity index (χ4n) is 1.97. The largest absolute Gasteiger partial charge is 0.311 e. The molecule has 0 aliphatic heterocycles. The fraction of sp³-hybridized carbons (Fsp3) is 0.333.